The molecule has 0 aliphatic carbocycles. The normalized spacial score (nSPS) is 20.9. The average Bonchev–Trinajstić information content (AvgIpc) is 3.13. The van der Waals surface area contributed by atoms with E-state index < -0.39 is 5.85 Å². The standard InChI is InChI=1S/C20H14N6O/c21-11-15-17(13-7-3-1-4-8-13)16(12-22)20(24-18(15)23)26-25-19(27-20)14-9-5-2-6-10-14/h1-10,24,26H,23H2. The number of rotatable bonds is 2. The highest BCUT2D eigenvalue weighted by Crippen LogP contribution is 2.38. The Labute approximate surface area is 155 Å². The molecule has 0 fully saturated rings. The van der Waals surface area contributed by atoms with Gasteiger partial charge in [-0.3, -0.25) is 0 Å². The Morgan fingerprint density at radius 2 is 1.56 bits per heavy atom. The van der Waals surface area contributed by atoms with Crippen LogP contribution in [-0.2, 0) is 4.74 Å². The van der Waals surface area contributed by atoms with Crippen molar-refractivity contribution in [3.05, 3.63) is 88.8 Å². The van der Waals surface area contributed by atoms with Gasteiger partial charge in [-0.1, -0.05) is 48.5 Å². The SMILES string of the molecule is N#CC1=C(N)NC2(NN=C(c3ccccc3)O2)C(C#N)=C1c1ccccc1. The van der Waals surface area contributed by atoms with Crippen LogP contribution in [0, 0.1) is 22.7 Å². The van der Waals surface area contributed by atoms with Gasteiger partial charge in [0, 0.05) is 11.1 Å². The van der Waals surface area contributed by atoms with E-state index in [1.165, 1.54) is 0 Å². The highest BCUT2D eigenvalue weighted by atomic mass is 16.6. The molecule has 0 saturated carbocycles. The second kappa shape index (κ2) is 6.25. The zero-order valence-electron chi connectivity index (χ0n) is 14.1. The maximum Gasteiger partial charge on any atom is 0.315 e. The maximum atomic E-state index is 9.91. The zero-order valence-corrected chi connectivity index (χ0v) is 14.1. The molecule has 4 rings (SSSR count). The average molecular weight is 354 g/mol. The van der Waals surface area contributed by atoms with E-state index in [0.29, 0.717) is 17.0 Å². The van der Waals surface area contributed by atoms with E-state index in [4.69, 9.17) is 10.5 Å². The van der Waals surface area contributed by atoms with Gasteiger partial charge in [0.05, 0.1) is 0 Å². The molecule has 1 spiro atoms. The number of nitrogens with zero attached hydrogens (tertiary/aromatic N) is 3. The van der Waals surface area contributed by atoms with E-state index in [1.54, 1.807) is 0 Å². The molecule has 7 heteroatoms. The Kier molecular flexibility index (Phi) is 3.76. The van der Waals surface area contributed by atoms with Gasteiger partial charge in [0.25, 0.3) is 0 Å². The molecule has 27 heavy (non-hydrogen) atoms. The summed E-state index contributed by atoms with van der Waals surface area (Å²) in [5.41, 5.74) is 11.2. The monoisotopic (exact) mass is 354 g/mol. The number of hydrazone groups is 1. The van der Waals surface area contributed by atoms with Crippen LogP contribution >= 0.6 is 0 Å². The fraction of sp³-hybridized carbons (Fsp3) is 0.0500. The van der Waals surface area contributed by atoms with Crippen LogP contribution in [0.3, 0.4) is 0 Å². The molecule has 1 atom stereocenters. The Morgan fingerprint density at radius 1 is 0.926 bits per heavy atom. The molecule has 130 valence electrons. The highest BCUT2D eigenvalue weighted by molar-refractivity contribution is 5.97. The summed E-state index contributed by atoms with van der Waals surface area (Å²) in [7, 11) is 0. The summed E-state index contributed by atoms with van der Waals surface area (Å²) >= 11 is 0. The van der Waals surface area contributed by atoms with Crippen molar-refractivity contribution in [3.63, 3.8) is 0 Å². The van der Waals surface area contributed by atoms with Gasteiger partial charge in [0.15, 0.2) is 0 Å². The minimum atomic E-state index is -1.48. The lowest BCUT2D eigenvalue weighted by Gasteiger charge is -2.34. The fourth-order valence-electron chi connectivity index (χ4n) is 3.08. The summed E-state index contributed by atoms with van der Waals surface area (Å²) in [6, 6.07) is 22.7. The molecule has 0 bridgehead atoms. The van der Waals surface area contributed by atoms with Crippen molar-refractivity contribution < 1.29 is 4.74 Å². The lowest BCUT2D eigenvalue weighted by molar-refractivity contribution is 0.0647. The molecule has 2 aromatic carbocycles. The first-order chi connectivity index (χ1) is 13.2. The maximum absolute atomic E-state index is 9.91. The molecule has 4 N–H and O–H groups in total. The van der Waals surface area contributed by atoms with Crippen molar-refractivity contribution in [1.82, 2.24) is 10.7 Å². The number of ether oxygens (including phenoxy) is 1. The number of nitrogens with two attached hydrogens (primary N) is 1. The first-order valence-corrected chi connectivity index (χ1v) is 8.16. The Bertz CT molecular complexity index is 1070. The summed E-state index contributed by atoms with van der Waals surface area (Å²) in [5, 5.41) is 26.6. The molecule has 0 saturated heterocycles. The summed E-state index contributed by atoms with van der Waals surface area (Å²) < 4.78 is 6.02. The van der Waals surface area contributed by atoms with E-state index >= 15 is 0 Å². The van der Waals surface area contributed by atoms with Crippen LogP contribution in [0.15, 0.2) is 82.7 Å². The van der Waals surface area contributed by atoms with E-state index in [9.17, 15) is 10.5 Å². The molecule has 0 amide bonds. The van der Waals surface area contributed by atoms with Crippen LogP contribution in [0.1, 0.15) is 11.1 Å². The number of hydrogen-bond donors (Lipinski definition) is 3. The van der Waals surface area contributed by atoms with E-state index in [2.05, 4.69) is 28.0 Å². The minimum Gasteiger partial charge on any atom is -0.424 e. The summed E-state index contributed by atoms with van der Waals surface area (Å²) in [5.74, 6) is -1.06. The largest absolute Gasteiger partial charge is 0.424 e. The third-order valence-corrected chi connectivity index (χ3v) is 4.30. The van der Waals surface area contributed by atoms with E-state index in [1.807, 2.05) is 60.7 Å². The Hall–Kier alpha value is -4.23. The van der Waals surface area contributed by atoms with Crippen LogP contribution in [0.4, 0.5) is 0 Å². The molecule has 2 heterocycles. The van der Waals surface area contributed by atoms with E-state index in [0.717, 1.165) is 5.56 Å². The number of nitrogens with one attached hydrogen (secondary N) is 2. The van der Waals surface area contributed by atoms with Crippen molar-refractivity contribution in [3.8, 4) is 12.1 Å². The van der Waals surface area contributed by atoms with Gasteiger partial charge >= 0.3 is 5.85 Å². The summed E-state index contributed by atoms with van der Waals surface area (Å²) in [4.78, 5) is 0. The topological polar surface area (TPSA) is 119 Å². The van der Waals surface area contributed by atoms with Gasteiger partial charge < -0.3 is 15.8 Å². The lowest BCUT2D eigenvalue weighted by Crippen LogP contribution is -2.58. The molecule has 0 radical (unpaired) electrons. The second-order valence-corrected chi connectivity index (χ2v) is 5.93. The molecular weight excluding hydrogens is 340 g/mol. The van der Waals surface area contributed by atoms with Gasteiger partial charge in [-0.05, 0) is 17.7 Å². The van der Waals surface area contributed by atoms with Crippen molar-refractivity contribution in [1.29, 1.82) is 10.5 Å². The summed E-state index contributed by atoms with van der Waals surface area (Å²) in [6.45, 7) is 0. The second-order valence-electron chi connectivity index (χ2n) is 5.93. The molecule has 2 aliphatic heterocycles. The van der Waals surface area contributed by atoms with Gasteiger partial charge in [0.1, 0.15) is 29.1 Å². The van der Waals surface area contributed by atoms with Gasteiger partial charge in [-0.25, -0.2) is 5.43 Å². The highest BCUT2D eigenvalue weighted by Gasteiger charge is 2.48. The first-order valence-electron chi connectivity index (χ1n) is 8.16. The zero-order chi connectivity index (χ0) is 18.9. The number of dihydropyridines is 1. The van der Waals surface area contributed by atoms with Crippen molar-refractivity contribution in [2.24, 2.45) is 10.8 Å². The smallest absolute Gasteiger partial charge is 0.315 e. The first kappa shape index (κ1) is 16.2. The minimum absolute atomic E-state index is 0.104. The van der Waals surface area contributed by atoms with Gasteiger partial charge in [-0.15, -0.1) is 5.10 Å². The molecule has 1 unspecified atom stereocenters. The predicted molar refractivity (Wildman–Crippen MR) is 98.9 cm³/mol. The third kappa shape index (κ3) is 2.55. The van der Waals surface area contributed by atoms with E-state index in [-0.39, 0.29) is 17.0 Å². The van der Waals surface area contributed by atoms with Gasteiger partial charge in [0.2, 0.25) is 5.90 Å². The van der Waals surface area contributed by atoms with Crippen molar-refractivity contribution >= 4 is 11.5 Å². The van der Waals surface area contributed by atoms with Crippen LogP contribution in [0.5, 0.6) is 0 Å². The van der Waals surface area contributed by atoms with Crippen LogP contribution in [0.2, 0.25) is 0 Å². The van der Waals surface area contributed by atoms with Gasteiger partial charge in [-0.2, -0.15) is 10.5 Å². The molecule has 2 aliphatic rings. The lowest BCUT2D eigenvalue weighted by atomic mass is 9.88. The van der Waals surface area contributed by atoms with Crippen molar-refractivity contribution in [2.45, 2.75) is 5.85 Å². The number of hydrogen-bond acceptors (Lipinski definition) is 7. The fourth-order valence-corrected chi connectivity index (χ4v) is 3.08. The Balaban J connectivity index is 1.85. The molecule has 2 aromatic rings. The molecular formula is C20H14N6O. The van der Waals surface area contributed by atoms with Crippen LogP contribution < -0.4 is 16.5 Å². The predicted octanol–water partition coefficient (Wildman–Crippen LogP) is 1.90. The quantitative estimate of drug-likeness (QED) is 0.758. The molecule has 0 aromatic heterocycles. The number of benzene rings is 2. The van der Waals surface area contributed by atoms with Crippen molar-refractivity contribution in [2.75, 3.05) is 0 Å². The van der Waals surface area contributed by atoms with Crippen LogP contribution in [0.25, 0.3) is 5.57 Å². The number of allylic oxidation sites excluding steroid dienone is 2. The third-order valence-electron chi connectivity index (χ3n) is 4.30. The Morgan fingerprint density at radius 3 is 2.15 bits per heavy atom. The molecule has 7 nitrogen and oxygen atoms in total. The summed E-state index contributed by atoms with van der Waals surface area (Å²) in [6.07, 6.45) is 0. The number of nitriles is 2. The van der Waals surface area contributed by atoms with Crippen LogP contribution in [-0.4, -0.2) is 11.7 Å².